The minimum atomic E-state index is -0.160. The number of nitrogen functional groups attached to an aromatic ring is 1. The minimum Gasteiger partial charge on any atom is -0.508 e. The van der Waals surface area contributed by atoms with E-state index in [1.807, 2.05) is 6.07 Å². The van der Waals surface area contributed by atoms with Gasteiger partial charge in [0.2, 0.25) is 0 Å². The van der Waals surface area contributed by atoms with Crippen LogP contribution in [0.4, 0.5) is 5.69 Å². The third-order valence-corrected chi connectivity index (χ3v) is 3.66. The third-order valence-electron chi connectivity index (χ3n) is 2.97. The van der Waals surface area contributed by atoms with Gasteiger partial charge in [-0.25, -0.2) is 0 Å². The molecule has 0 radical (unpaired) electrons. The van der Waals surface area contributed by atoms with Crippen LogP contribution in [0.25, 0.3) is 0 Å². The highest BCUT2D eigenvalue weighted by Crippen LogP contribution is 2.23. The maximum Gasteiger partial charge on any atom is 0.255 e. The number of anilines is 1. The monoisotopic (exact) mass is 334 g/mol. The standard InChI is InChI=1S/C15H15BrN2O2/c1-18(9-10-4-2-3-5-14(10)19)15(20)12-8-11(17)6-7-13(12)16/h2-8,19H,9,17H2,1H3. The molecule has 5 heteroatoms. The van der Waals surface area contributed by atoms with Crippen molar-refractivity contribution in [2.24, 2.45) is 0 Å². The molecule has 104 valence electrons. The van der Waals surface area contributed by atoms with E-state index in [1.165, 1.54) is 4.90 Å². The fourth-order valence-electron chi connectivity index (χ4n) is 1.88. The van der Waals surface area contributed by atoms with E-state index in [1.54, 1.807) is 43.4 Å². The van der Waals surface area contributed by atoms with Crippen molar-refractivity contribution >= 4 is 27.5 Å². The highest BCUT2D eigenvalue weighted by Gasteiger charge is 2.16. The largest absolute Gasteiger partial charge is 0.508 e. The van der Waals surface area contributed by atoms with Gasteiger partial charge in [0.1, 0.15) is 5.75 Å². The van der Waals surface area contributed by atoms with E-state index in [-0.39, 0.29) is 11.7 Å². The summed E-state index contributed by atoms with van der Waals surface area (Å²) in [5, 5.41) is 9.74. The van der Waals surface area contributed by atoms with Gasteiger partial charge >= 0.3 is 0 Å². The van der Waals surface area contributed by atoms with E-state index >= 15 is 0 Å². The Morgan fingerprint density at radius 3 is 2.70 bits per heavy atom. The molecular formula is C15H15BrN2O2. The van der Waals surface area contributed by atoms with Gasteiger partial charge in [-0.3, -0.25) is 4.79 Å². The lowest BCUT2D eigenvalue weighted by molar-refractivity contribution is 0.0783. The fraction of sp³-hybridized carbons (Fsp3) is 0.133. The van der Waals surface area contributed by atoms with Gasteiger partial charge in [0.15, 0.2) is 0 Å². The number of hydrogen-bond acceptors (Lipinski definition) is 3. The summed E-state index contributed by atoms with van der Waals surface area (Å²) >= 11 is 3.35. The number of benzene rings is 2. The van der Waals surface area contributed by atoms with Crippen LogP contribution in [0.1, 0.15) is 15.9 Å². The van der Waals surface area contributed by atoms with Crippen molar-refractivity contribution in [3.8, 4) is 5.75 Å². The first kappa shape index (κ1) is 14.4. The predicted octanol–water partition coefficient (Wildman–Crippen LogP) is 3.01. The highest BCUT2D eigenvalue weighted by molar-refractivity contribution is 9.10. The van der Waals surface area contributed by atoms with Gasteiger partial charge in [0, 0.05) is 29.3 Å². The number of para-hydroxylation sites is 1. The zero-order valence-electron chi connectivity index (χ0n) is 11.0. The lowest BCUT2D eigenvalue weighted by atomic mass is 10.1. The molecular weight excluding hydrogens is 320 g/mol. The first-order valence-corrected chi connectivity index (χ1v) is 6.85. The van der Waals surface area contributed by atoms with Crippen LogP contribution >= 0.6 is 15.9 Å². The number of carbonyl (C=O) groups excluding carboxylic acids is 1. The average molecular weight is 335 g/mol. The number of nitrogens with two attached hydrogens (primary N) is 1. The number of amides is 1. The molecule has 4 nitrogen and oxygen atoms in total. The van der Waals surface area contributed by atoms with E-state index in [9.17, 15) is 9.90 Å². The number of phenolic OH excluding ortho intramolecular Hbond substituents is 1. The third kappa shape index (κ3) is 3.11. The molecule has 0 heterocycles. The molecule has 0 saturated carbocycles. The molecule has 0 aliphatic carbocycles. The number of phenols is 1. The highest BCUT2D eigenvalue weighted by atomic mass is 79.9. The molecule has 20 heavy (non-hydrogen) atoms. The number of hydrogen-bond donors (Lipinski definition) is 2. The second-order valence-electron chi connectivity index (χ2n) is 4.53. The number of nitrogens with zero attached hydrogens (tertiary/aromatic N) is 1. The molecule has 3 N–H and O–H groups in total. The van der Waals surface area contributed by atoms with E-state index in [4.69, 9.17) is 5.73 Å². The van der Waals surface area contributed by atoms with Gasteiger partial charge in [0.25, 0.3) is 5.91 Å². The van der Waals surface area contributed by atoms with E-state index in [2.05, 4.69) is 15.9 Å². The van der Waals surface area contributed by atoms with E-state index in [0.717, 1.165) is 0 Å². The summed E-state index contributed by atoms with van der Waals surface area (Å²) in [6.45, 7) is 0.326. The Bertz CT molecular complexity index is 644. The Labute approximate surface area is 126 Å². The van der Waals surface area contributed by atoms with Crippen molar-refractivity contribution < 1.29 is 9.90 Å². The number of aromatic hydroxyl groups is 1. The van der Waals surface area contributed by atoms with Crippen molar-refractivity contribution in [1.82, 2.24) is 4.90 Å². The molecule has 2 aromatic carbocycles. The molecule has 0 spiro atoms. The molecule has 2 rings (SSSR count). The van der Waals surface area contributed by atoms with Gasteiger partial charge < -0.3 is 15.7 Å². The SMILES string of the molecule is CN(Cc1ccccc1O)C(=O)c1cc(N)ccc1Br. The Kier molecular flexibility index (Phi) is 4.29. The van der Waals surface area contributed by atoms with Crippen LogP contribution in [0.15, 0.2) is 46.9 Å². The first-order valence-electron chi connectivity index (χ1n) is 6.06. The maximum absolute atomic E-state index is 12.4. The lowest BCUT2D eigenvalue weighted by Crippen LogP contribution is -2.26. The summed E-state index contributed by atoms with van der Waals surface area (Å²) in [6.07, 6.45) is 0. The normalized spacial score (nSPS) is 10.3. The van der Waals surface area contributed by atoms with Crippen LogP contribution < -0.4 is 5.73 Å². The topological polar surface area (TPSA) is 66.6 Å². The molecule has 0 saturated heterocycles. The zero-order valence-corrected chi connectivity index (χ0v) is 12.6. The van der Waals surface area contributed by atoms with Gasteiger partial charge in [-0.15, -0.1) is 0 Å². The van der Waals surface area contributed by atoms with Crippen LogP contribution in [0.2, 0.25) is 0 Å². The molecule has 2 aromatic rings. The molecule has 0 aromatic heterocycles. The molecule has 0 atom stereocenters. The van der Waals surface area contributed by atoms with Crippen molar-refractivity contribution in [3.05, 3.63) is 58.1 Å². The molecule has 0 aliphatic heterocycles. The van der Waals surface area contributed by atoms with Gasteiger partial charge in [-0.2, -0.15) is 0 Å². The molecule has 0 aliphatic rings. The predicted molar refractivity (Wildman–Crippen MR) is 82.5 cm³/mol. The van der Waals surface area contributed by atoms with Crippen molar-refractivity contribution in [3.63, 3.8) is 0 Å². The smallest absolute Gasteiger partial charge is 0.255 e. The lowest BCUT2D eigenvalue weighted by Gasteiger charge is -2.19. The zero-order chi connectivity index (χ0) is 14.7. The summed E-state index contributed by atoms with van der Waals surface area (Å²) < 4.78 is 0.695. The van der Waals surface area contributed by atoms with Crippen LogP contribution in [0, 0.1) is 0 Å². The number of carbonyl (C=O) groups is 1. The Morgan fingerprint density at radius 2 is 2.00 bits per heavy atom. The number of rotatable bonds is 3. The van der Waals surface area contributed by atoms with Crippen molar-refractivity contribution in [2.75, 3.05) is 12.8 Å². The second kappa shape index (κ2) is 5.96. The van der Waals surface area contributed by atoms with Crippen molar-refractivity contribution in [2.45, 2.75) is 6.54 Å². The molecule has 1 amide bonds. The summed E-state index contributed by atoms with van der Waals surface area (Å²) in [5.41, 5.74) is 7.45. The Hall–Kier alpha value is -2.01. The first-order chi connectivity index (χ1) is 9.49. The second-order valence-corrected chi connectivity index (χ2v) is 5.38. The van der Waals surface area contributed by atoms with Crippen LogP contribution in [-0.2, 0) is 6.54 Å². The quantitative estimate of drug-likeness (QED) is 0.848. The van der Waals surface area contributed by atoms with Crippen LogP contribution in [-0.4, -0.2) is 23.0 Å². The van der Waals surface area contributed by atoms with E-state index < -0.39 is 0 Å². The van der Waals surface area contributed by atoms with Gasteiger partial charge in [-0.1, -0.05) is 18.2 Å². The summed E-state index contributed by atoms with van der Waals surface area (Å²) in [6, 6.07) is 12.1. The Morgan fingerprint density at radius 1 is 1.30 bits per heavy atom. The summed E-state index contributed by atoms with van der Waals surface area (Å²) in [7, 11) is 1.68. The maximum atomic E-state index is 12.4. The molecule has 0 bridgehead atoms. The average Bonchev–Trinajstić information content (AvgIpc) is 2.43. The van der Waals surface area contributed by atoms with E-state index in [0.29, 0.717) is 27.8 Å². The molecule has 0 fully saturated rings. The van der Waals surface area contributed by atoms with Gasteiger partial charge in [0.05, 0.1) is 5.56 Å². The van der Waals surface area contributed by atoms with Crippen LogP contribution in [0.3, 0.4) is 0 Å². The van der Waals surface area contributed by atoms with Gasteiger partial charge in [-0.05, 0) is 40.2 Å². The number of halogens is 1. The minimum absolute atomic E-state index is 0.160. The summed E-state index contributed by atoms with van der Waals surface area (Å²) in [5.74, 6) is 0.0196. The fourth-order valence-corrected chi connectivity index (χ4v) is 2.30. The van der Waals surface area contributed by atoms with Crippen molar-refractivity contribution in [1.29, 1.82) is 0 Å². The van der Waals surface area contributed by atoms with Crippen LogP contribution in [0.5, 0.6) is 5.75 Å². The Balaban J connectivity index is 2.21. The molecule has 0 unspecified atom stereocenters. The summed E-state index contributed by atoms with van der Waals surface area (Å²) in [4.78, 5) is 13.9.